The van der Waals surface area contributed by atoms with E-state index in [1.807, 2.05) is 0 Å². The molecule has 2 heteroatoms. The number of hydrogen-bond donors (Lipinski definition) is 0. The van der Waals surface area contributed by atoms with Crippen LogP contribution in [0.1, 0.15) is 44.9 Å². The van der Waals surface area contributed by atoms with E-state index in [0.29, 0.717) is 0 Å². The first-order valence-corrected chi connectivity index (χ1v) is 6.75. The highest BCUT2D eigenvalue weighted by atomic mass is 16.5. The van der Waals surface area contributed by atoms with Gasteiger partial charge in [-0.1, -0.05) is 6.42 Å². The van der Waals surface area contributed by atoms with Crippen LogP contribution in [0, 0.1) is 5.92 Å². The third-order valence-corrected chi connectivity index (χ3v) is 3.88. The van der Waals surface area contributed by atoms with Gasteiger partial charge in [-0.25, -0.2) is 0 Å². The zero-order chi connectivity index (χ0) is 10.3. The molecule has 88 valence electrons. The molecule has 0 aliphatic carbocycles. The van der Waals surface area contributed by atoms with E-state index in [1.165, 1.54) is 64.6 Å². The molecule has 0 aromatic heterocycles. The maximum atomic E-state index is 5.39. The zero-order valence-corrected chi connectivity index (χ0v) is 9.92. The molecule has 0 radical (unpaired) electrons. The maximum absolute atomic E-state index is 5.39. The second-order valence-electron chi connectivity index (χ2n) is 5.10. The summed E-state index contributed by atoms with van der Waals surface area (Å²) < 4.78 is 5.39. The molecule has 0 unspecified atom stereocenters. The average Bonchev–Trinajstić information content (AvgIpc) is 2.32. The van der Waals surface area contributed by atoms with Crippen LogP contribution < -0.4 is 0 Å². The van der Waals surface area contributed by atoms with Gasteiger partial charge in [0.25, 0.3) is 0 Å². The molecule has 0 atom stereocenters. The monoisotopic (exact) mass is 211 g/mol. The Morgan fingerprint density at radius 2 is 1.73 bits per heavy atom. The molecular weight excluding hydrogens is 186 g/mol. The normalized spacial score (nSPS) is 25.6. The molecule has 0 aromatic carbocycles. The second kappa shape index (κ2) is 6.49. The summed E-state index contributed by atoms with van der Waals surface area (Å²) in [6.45, 7) is 6.07. The van der Waals surface area contributed by atoms with Gasteiger partial charge in [0.15, 0.2) is 0 Å². The molecule has 0 spiro atoms. The Morgan fingerprint density at radius 3 is 2.47 bits per heavy atom. The number of likely N-dealkylation sites (tertiary alicyclic amines) is 1. The summed E-state index contributed by atoms with van der Waals surface area (Å²) >= 11 is 0. The fourth-order valence-electron chi connectivity index (χ4n) is 2.82. The van der Waals surface area contributed by atoms with Crippen molar-refractivity contribution in [2.75, 3.05) is 32.8 Å². The van der Waals surface area contributed by atoms with Gasteiger partial charge in [-0.05, 0) is 64.1 Å². The molecule has 2 nitrogen and oxygen atoms in total. The molecular formula is C13H25NO. The van der Waals surface area contributed by atoms with Crippen molar-refractivity contribution in [2.24, 2.45) is 5.92 Å². The third kappa shape index (κ3) is 4.12. The molecule has 2 heterocycles. The molecule has 0 saturated carbocycles. The van der Waals surface area contributed by atoms with Crippen molar-refractivity contribution in [3.05, 3.63) is 0 Å². The Hall–Kier alpha value is -0.0800. The standard InChI is InChI=1S/C13H25NO/c1-2-8-14(9-3-1)10-4-5-13-6-11-15-12-7-13/h13H,1-12H2. The summed E-state index contributed by atoms with van der Waals surface area (Å²) in [6.07, 6.45) is 9.76. The summed E-state index contributed by atoms with van der Waals surface area (Å²) in [6, 6.07) is 0. The van der Waals surface area contributed by atoms with E-state index in [2.05, 4.69) is 4.90 Å². The first-order valence-electron chi connectivity index (χ1n) is 6.75. The minimum absolute atomic E-state index is 0.962. The smallest absolute Gasteiger partial charge is 0.0468 e. The lowest BCUT2D eigenvalue weighted by molar-refractivity contribution is 0.0620. The largest absolute Gasteiger partial charge is 0.381 e. The van der Waals surface area contributed by atoms with Crippen molar-refractivity contribution in [2.45, 2.75) is 44.9 Å². The van der Waals surface area contributed by atoms with Crippen LogP contribution in [-0.2, 0) is 4.74 Å². The van der Waals surface area contributed by atoms with E-state index in [4.69, 9.17) is 4.74 Å². The summed E-state index contributed by atoms with van der Waals surface area (Å²) in [5.41, 5.74) is 0. The Labute approximate surface area is 94.0 Å². The van der Waals surface area contributed by atoms with E-state index in [1.54, 1.807) is 0 Å². The first-order chi connectivity index (χ1) is 7.45. The Morgan fingerprint density at radius 1 is 1.00 bits per heavy atom. The van der Waals surface area contributed by atoms with Crippen LogP contribution in [0.25, 0.3) is 0 Å². The van der Waals surface area contributed by atoms with Gasteiger partial charge in [-0.2, -0.15) is 0 Å². The molecule has 0 aromatic rings. The summed E-state index contributed by atoms with van der Waals surface area (Å²) in [4.78, 5) is 2.66. The lowest BCUT2D eigenvalue weighted by Crippen LogP contribution is -2.31. The number of piperidine rings is 1. The fraction of sp³-hybridized carbons (Fsp3) is 1.00. The van der Waals surface area contributed by atoms with Crippen molar-refractivity contribution < 1.29 is 4.74 Å². The lowest BCUT2D eigenvalue weighted by atomic mass is 9.95. The van der Waals surface area contributed by atoms with Crippen LogP contribution in [0.5, 0.6) is 0 Å². The average molecular weight is 211 g/mol. The van der Waals surface area contributed by atoms with Crippen LogP contribution in [0.2, 0.25) is 0 Å². The van der Waals surface area contributed by atoms with Crippen LogP contribution in [0.3, 0.4) is 0 Å². The lowest BCUT2D eigenvalue weighted by Gasteiger charge is -2.27. The highest BCUT2D eigenvalue weighted by Gasteiger charge is 2.14. The van der Waals surface area contributed by atoms with Gasteiger partial charge in [0.05, 0.1) is 0 Å². The van der Waals surface area contributed by atoms with Crippen molar-refractivity contribution in [1.82, 2.24) is 4.90 Å². The third-order valence-electron chi connectivity index (χ3n) is 3.88. The van der Waals surface area contributed by atoms with E-state index in [9.17, 15) is 0 Å². The molecule has 0 N–H and O–H groups in total. The molecule has 0 bridgehead atoms. The summed E-state index contributed by atoms with van der Waals surface area (Å²) in [5, 5.41) is 0. The highest BCUT2D eigenvalue weighted by Crippen LogP contribution is 2.20. The van der Waals surface area contributed by atoms with Gasteiger partial charge in [0.1, 0.15) is 0 Å². The van der Waals surface area contributed by atoms with Gasteiger partial charge in [-0.3, -0.25) is 0 Å². The summed E-state index contributed by atoms with van der Waals surface area (Å²) in [7, 11) is 0. The number of rotatable bonds is 4. The minimum Gasteiger partial charge on any atom is -0.381 e. The van der Waals surface area contributed by atoms with Gasteiger partial charge in [0, 0.05) is 13.2 Å². The van der Waals surface area contributed by atoms with Crippen LogP contribution in [0.4, 0.5) is 0 Å². The molecule has 2 fully saturated rings. The molecule has 15 heavy (non-hydrogen) atoms. The topological polar surface area (TPSA) is 12.5 Å². The highest BCUT2D eigenvalue weighted by molar-refractivity contribution is 4.67. The quantitative estimate of drug-likeness (QED) is 0.709. The Bertz CT molecular complexity index is 142. The van der Waals surface area contributed by atoms with Crippen LogP contribution in [-0.4, -0.2) is 37.7 Å². The van der Waals surface area contributed by atoms with Crippen LogP contribution in [0.15, 0.2) is 0 Å². The van der Waals surface area contributed by atoms with Crippen molar-refractivity contribution in [3.8, 4) is 0 Å². The molecule has 2 saturated heterocycles. The number of nitrogens with zero attached hydrogens (tertiary/aromatic N) is 1. The fourth-order valence-corrected chi connectivity index (χ4v) is 2.82. The molecule has 2 rings (SSSR count). The maximum Gasteiger partial charge on any atom is 0.0468 e. The molecule has 0 amide bonds. The first kappa shape index (κ1) is 11.4. The van der Waals surface area contributed by atoms with Gasteiger partial charge in [0.2, 0.25) is 0 Å². The minimum atomic E-state index is 0.962. The Kier molecular flexibility index (Phi) is 4.94. The number of hydrogen-bond acceptors (Lipinski definition) is 2. The molecule has 2 aliphatic heterocycles. The predicted octanol–water partition coefficient (Wildman–Crippen LogP) is 2.68. The van der Waals surface area contributed by atoms with Gasteiger partial charge >= 0.3 is 0 Å². The second-order valence-corrected chi connectivity index (χ2v) is 5.10. The van der Waals surface area contributed by atoms with E-state index >= 15 is 0 Å². The van der Waals surface area contributed by atoms with E-state index < -0.39 is 0 Å². The van der Waals surface area contributed by atoms with Crippen LogP contribution >= 0.6 is 0 Å². The zero-order valence-electron chi connectivity index (χ0n) is 9.92. The van der Waals surface area contributed by atoms with Gasteiger partial charge in [-0.15, -0.1) is 0 Å². The van der Waals surface area contributed by atoms with E-state index in [0.717, 1.165) is 19.1 Å². The van der Waals surface area contributed by atoms with Crippen molar-refractivity contribution >= 4 is 0 Å². The SMILES string of the molecule is C1CCN(CCCC2CCOCC2)CC1. The van der Waals surface area contributed by atoms with Crippen molar-refractivity contribution in [3.63, 3.8) is 0 Å². The van der Waals surface area contributed by atoms with Crippen molar-refractivity contribution in [1.29, 1.82) is 0 Å². The number of ether oxygens (including phenoxy) is 1. The summed E-state index contributed by atoms with van der Waals surface area (Å²) in [5.74, 6) is 0.962. The molecule has 2 aliphatic rings. The predicted molar refractivity (Wildman–Crippen MR) is 63.1 cm³/mol. The van der Waals surface area contributed by atoms with Gasteiger partial charge < -0.3 is 9.64 Å². The van der Waals surface area contributed by atoms with E-state index in [-0.39, 0.29) is 0 Å². The Balaban J connectivity index is 1.53.